The van der Waals surface area contributed by atoms with Crippen molar-refractivity contribution in [3.63, 3.8) is 0 Å². The number of amides is 1. The van der Waals surface area contributed by atoms with E-state index in [2.05, 4.69) is 5.32 Å². The van der Waals surface area contributed by atoms with Gasteiger partial charge >= 0.3 is 29.6 Å². The van der Waals surface area contributed by atoms with Crippen molar-refractivity contribution in [3.8, 4) is 5.75 Å². The SMILES string of the molecule is O=C(CCl)Nc1ccc2cc(S(=O)(=O)[O-])cc(O)c2c1.[Na+]. The number of hydrogen-bond acceptors (Lipinski definition) is 5. The molecule has 2 aromatic carbocycles. The van der Waals surface area contributed by atoms with E-state index in [4.69, 9.17) is 11.6 Å². The fourth-order valence-corrected chi connectivity index (χ4v) is 2.32. The number of fused-ring (bicyclic) bond motifs is 1. The minimum absolute atomic E-state index is 0. The summed E-state index contributed by atoms with van der Waals surface area (Å²) in [5.74, 6) is -0.986. The Balaban J connectivity index is 0.00000220. The molecule has 0 aromatic heterocycles. The van der Waals surface area contributed by atoms with Crippen LogP contribution in [0.15, 0.2) is 35.2 Å². The van der Waals surface area contributed by atoms with E-state index in [1.54, 1.807) is 0 Å². The number of carbonyl (C=O) groups is 1. The molecule has 0 fully saturated rings. The van der Waals surface area contributed by atoms with Crippen LogP contribution in [0.2, 0.25) is 0 Å². The second kappa shape index (κ2) is 6.95. The van der Waals surface area contributed by atoms with Crippen LogP contribution in [0.5, 0.6) is 5.75 Å². The zero-order chi connectivity index (χ0) is 14.9. The number of aromatic hydroxyl groups is 1. The molecule has 2 rings (SSSR count). The van der Waals surface area contributed by atoms with Crippen LogP contribution < -0.4 is 34.9 Å². The maximum absolute atomic E-state index is 11.2. The molecule has 0 unspecified atom stereocenters. The van der Waals surface area contributed by atoms with Gasteiger partial charge in [0, 0.05) is 11.1 Å². The van der Waals surface area contributed by atoms with E-state index < -0.39 is 20.9 Å². The topological polar surface area (TPSA) is 107 Å². The van der Waals surface area contributed by atoms with E-state index in [0.29, 0.717) is 16.5 Å². The molecule has 0 aliphatic carbocycles. The first-order chi connectivity index (χ1) is 9.31. The van der Waals surface area contributed by atoms with Crippen LogP contribution in [-0.4, -0.2) is 29.9 Å². The van der Waals surface area contributed by atoms with Gasteiger partial charge in [0.15, 0.2) is 0 Å². The van der Waals surface area contributed by atoms with Crippen molar-refractivity contribution in [1.82, 2.24) is 0 Å². The van der Waals surface area contributed by atoms with Gasteiger partial charge in [-0.25, -0.2) is 8.42 Å². The van der Waals surface area contributed by atoms with Crippen molar-refractivity contribution in [2.24, 2.45) is 0 Å². The quantitative estimate of drug-likeness (QED) is 0.408. The Labute approximate surface area is 148 Å². The van der Waals surface area contributed by atoms with Crippen LogP contribution in [0, 0.1) is 0 Å². The molecule has 21 heavy (non-hydrogen) atoms. The molecule has 6 nitrogen and oxygen atoms in total. The summed E-state index contributed by atoms with van der Waals surface area (Å²) >= 11 is 5.36. The molecule has 0 aliphatic heterocycles. The van der Waals surface area contributed by atoms with Gasteiger partial charge in [-0.15, -0.1) is 11.6 Å². The standard InChI is InChI=1S/C12H10ClNO5S.Na/c13-6-12(16)14-8-2-1-7-3-9(20(17,18)19)5-11(15)10(7)4-8;/h1-5,15H,6H2,(H,14,16)(H,17,18,19);/q;+1/p-1. The summed E-state index contributed by atoms with van der Waals surface area (Å²) in [5.41, 5.74) is 0.399. The summed E-state index contributed by atoms with van der Waals surface area (Å²) in [6.45, 7) is 0. The minimum atomic E-state index is -4.65. The molecule has 106 valence electrons. The number of anilines is 1. The maximum Gasteiger partial charge on any atom is 1.00 e. The fourth-order valence-electron chi connectivity index (χ4n) is 1.73. The van der Waals surface area contributed by atoms with Gasteiger partial charge in [-0.2, -0.15) is 0 Å². The van der Waals surface area contributed by atoms with Crippen LogP contribution in [0.4, 0.5) is 5.69 Å². The molecule has 0 heterocycles. The zero-order valence-corrected chi connectivity index (χ0v) is 14.5. The molecular formula is C12H9ClNNaO5S. The molecule has 1 amide bonds. The predicted molar refractivity (Wildman–Crippen MR) is 72.9 cm³/mol. The van der Waals surface area contributed by atoms with Crippen LogP contribution in [0.1, 0.15) is 0 Å². The Morgan fingerprint density at radius 3 is 2.52 bits per heavy atom. The Morgan fingerprint density at radius 2 is 1.95 bits per heavy atom. The largest absolute Gasteiger partial charge is 1.00 e. The number of nitrogens with one attached hydrogen (secondary N) is 1. The van der Waals surface area contributed by atoms with Crippen molar-refractivity contribution in [3.05, 3.63) is 30.3 Å². The average molecular weight is 338 g/mol. The summed E-state index contributed by atoms with van der Waals surface area (Å²) in [7, 11) is -4.65. The van der Waals surface area contributed by atoms with Crippen molar-refractivity contribution in [2.45, 2.75) is 4.90 Å². The average Bonchev–Trinajstić information content (AvgIpc) is 2.38. The Hall–Kier alpha value is -0.830. The molecule has 0 radical (unpaired) electrons. The van der Waals surface area contributed by atoms with Crippen LogP contribution >= 0.6 is 11.6 Å². The predicted octanol–water partition coefficient (Wildman–Crippen LogP) is -1.37. The van der Waals surface area contributed by atoms with Crippen molar-refractivity contribution < 1.29 is 52.4 Å². The van der Waals surface area contributed by atoms with E-state index in [1.165, 1.54) is 18.2 Å². The molecule has 0 aliphatic rings. The number of phenols is 1. The number of carbonyl (C=O) groups excluding carboxylic acids is 1. The van der Waals surface area contributed by atoms with E-state index in [0.717, 1.165) is 12.1 Å². The number of phenolic OH excluding ortho intramolecular Hbond substituents is 1. The molecule has 0 spiro atoms. The number of benzene rings is 2. The maximum atomic E-state index is 11.2. The molecule has 0 bridgehead atoms. The van der Waals surface area contributed by atoms with Gasteiger partial charge in [0.05, 0.1) is 4.90 Å². The fraction of sp³-hybridized carbons (Fsp3) is 0.0833. The smallest absolute Gasteiger partial charge is 0.744 e. The second-order valence-corrected chi connectivity index (χ2v) is 5.66. The number of hydrogen-bond donors (Lipinski definition) is 2. The normalized spacial score (nSPS) is 11.0. The van der Waals surface area contributed by atoms with Gasteiger partial charge in [0.25, 0.3) is 0 Å². The summed E-state index contributed by atoms with van der Waals surface area (Å²) in [6.07, 6.45) is 0. The summed E-state index contributed by atoms with van der Waals surface area (Å²) in [5, 5.41) is 13.0. The first-order valence-electron chi connectivity index (χ1n) is 5.40. The van der Waals surface area contributed by atoms with E-state index in [9.17, 15) is 22.9 Å². The summed E-state index contributed by atoms with van der Waals surface area (Å²) < 4.78 is 32.8. The van der Waals surface area contributed by atoms with Crippen molar-refractivity contribution in [1.29, 1.82) is 0 Å². The number of rotatable bonds is 3. The third kappa shape index (κ3) is 4.32. The van der Waals surface area contributed by atoms with Gasteiger partial charge in [-0.3, -0.25) is 4.79 Å². The van der Waals surface area contributed by atoms with Crippen molar-refractivity contribution >= 4 is 44.1 Å². The number of halogens is 1. The molecule has 0 atom stereocenters. The summed E-state index contributed by atoms with van der Waals surface area (Å²) in [6, 6.07) is 6.47. The third-order valence-corrected chi connectivity index (χ3v) is 3.66. The Bertz CT molecular complexity index is 794. The molecule has 2 N–H and O–H groups in total. The van der Waals surface area contributed by atoms with Gasteiger partial charge < -0.3 is 15.0 Å². The number of alkyl halides is 1. The molecule has 2 aromatic rings. The van der Waals surface area contributed by atoms with Crippen LogP contribution in [-0.2, 0) is 14.9 Å². The Morgan fingerprint density at radius 1 is 1.29 bits per heavy atom. The van der Waals surface area contributed by atoms with Gasteiger partial charge in [-0.1, -0.05) is 6.07 Å². The third-order valence-electron chi connectivity index (χ3n) is 2.60. The van der Waals surface area contributed by atoms with E-state index >= 15 is 0 Å². The van der Waals surface area contributed by atoms with Crippen LogP contribution in [0.25, 0.3) is 10.8 Å². The monoisotopic (exact) mass is 337 g/mol. The van der Waals surface area contributed by atoms with Crippen LogP contribution in [0.3, 0.4) is 0 Å². The van der Waals surface area contributed by atoms with Gasteiger partial charge in [0.1, 0.15) is 21.7 Å². The summed E-state index contributed by atoms with van der Waals surface area (Å²) in [4.78, 5) is 10.6. The van der Waals surface area contributed by atoms with E-state index in [1.807, 2.05) is 0 Å². The Kier molecular flexibility index (Phi) is 6.03. The van der Waals surface area contributed by atoms with Crippen molar-refractivity contribution in [2.75, 3.05) is 11.2 Å². The molecule has 0 saturated heterocycles. The molecular weight excluding hydrogens is 329 g/mol. The minimum Gasteiger partial charge on any atom is -0.744 e. The first-order valence-corrected chi connectivity index (χ1v) is 7.34. The van der Waals surface area contributed by atoms with Gasteiger partial charge in [0.2, 0.25) is 5.91 Å². The van der Waals surface area contributed by atoms with E-state index in [-0.39, 0.29) is 41.2 Å². The second-order valence-electron chi connectivity index (χ2n) is 4.01. The first kappa shape index (κ1) is 18.2. The zero-order valence-electron chi connectivity index (χ0n) is 11.0. The molecule has 9 heteroatoms. The van der Waals surface area contributed by atoms with Gasteiger partial charge in [-0.05, 0) is 29.7 Å². The molecule has 0 saturated carbocycles.